The van der Waals surface area contributed by atoms with Crippen molar-refractivity contribution in [1.29, 1.82) is 0 Å². The van der Waals surface area contributed by atoms with E-state index in [-0.39, 0.29) is 24.0 Å². The Morgan fingerprint density at radius 1 is 1.04 bits per heavy atom. The van der Waals surface area contributed by atoms with Gasteiger partial charge in [-0.25, -0.2) is 4.99 Å². The summed E-state index contributed by atoms with van der Waals surface area (Å²) in [5.74, 6) is 0.909. The van der Waals surface area contributed by atoms with Crippen molar-refractivity contribution in [3.63, 3.8) is 0 Å². The number of nitrogens with zero attached hydrogens (tertiary/aromatic N) is 4. The number of fused-ring (bicyclic) bond motifs is 2. The zero-order chi connectivity index (χ0) is 33.1. The van der Waals surface area contributed by atoms with Crippen LogP contribution in [0.15, 0.2) is 81.7 Å². The maximum absolute atomic E-state index is 14.3. The van der Waals surface area contributed by atoms with Crippen LogP contribution in [0.1, 0.15) is 37.9 Å². The summed E-state index contributed by atoms with van der Waals surface area (Å²) in [4.78, 5) is 49.8. The van der Waals surface area contributed by atoms with E-state index in [9.17, 15) is 14.4 Å². The second-order valence-corrected chi connectivity index (χ2v) is 12.3. The van der Waals surface area contributed by atoms with Crippen LogP contribution in [0.5, 0.6) is 11.5 Å². The van der Waals surface area contributed by atoms with Gasteiger partial charge in [0.15, 0.2) is 11.4 Å². The molecule has 1 aromatic heterocycles. The van der Waals surface area contributed by atoms with E-state index in [0.29, 0.717) is 71.5 Å². The van der Waals surface area contributed by atoms with Gasteiger partial charge in [0.2, 0.25) is 0 Å². The molecule has 0 unspecified atom stereocenters. The highest BCUT2D eigenvalue weighted by molar-refractivity contribution is 7.07. The summed E-state index contributed by atoms with van der Waals surface area (Å²) < 4.78 is 19.1. The van der Waals surface area contributed by atoms with Gasteiger partial charge in [-0.05, 0) is 61.4 Å². The molecule has 3 heterocycles. The van der Waals surface area contributed by atoms with E-state index in [2.05, 4.69) is 0 Å². The molecule has 2 aliphatic heterocycles. The zero-order valence-corrected chi connectivity index (χ0v) is 27.8. The zero-order valence-electron chi connectivity index (χ0n) is 27.0. The lowest BCUT2D eigenvalue weighted by Gasteiger charge is -2.30. The molecule has 0 radical (unpaired) electrons. The molecule has 0 N–H and O–H groups in total. The Balaban J connectivity index is 1.41. The van der Waals surface area contributed by atoms with E-state index in [0.717, 1.165) is 21.9 Å². The maximum Gasteiger partial charge on any atom is 0.271 e. The Bertz CT molecular complexity index is 2020. The summed E-state index contributed by atoms with van der Waals surface area (Å²) in [6.45, 7) is 8.92. The molecule has 1 atom stereocenters. The van der Waals surface area contributed by atoms with Crippen LogP contribution in [-0.4, -0.2) is 79.3 Å². The van der Waals surface area contributed by atoms with Crippen molar-refractivity contribution in [3.8, 4) is 11.5 Å². The average Bonchev–Trinajstić information content (AvgIpc) is 3.40. The number of methoxy groups -OCH3 is 1. The molecular weight excluding hydrogens is 616 g/mol. The minimum absolute atomic E-state index is 0.0521. The second-order valence-electron chi connectivity index (χ2n) is 11.3. The van der Waals surface area contributed by atoms with Crippen LogP contribution in [0.25, 0.3) is 16.8 Å². The lowest BCUT2D eigenvalue weighted by atomic mass is 9.90. The molecule has 4 aromatic rings. The van der Waals surface area contributed by atoms with Crippen molar-refractivity contribution in [2.24, 2.45) is 4.99 Å². The molecular formula is C36H38N4O6S. The van der Waals surface area contributed by atoms with Gasteiger partial charge in [0, 0.05) is 31.7 Å². The van der Waals surface area contributed by atoms with Crippen LogP contribution >= 0.6 is 11.3 Å². The van der Waals surface area contributed by atoms with E-state index in [1.807, 2.05) is 75.4 Å². The van der Waals surface area contributed by atoms with Gasteiger partial charge in [-0.3, -0.25) is 19.0 Å². The van der Waals surface area contributed by atoms with Crippen LogP contribution in [0, 0.1) is 0 Å². The lowest BCUT2D eigenvalue weighted by Crippen LogP contribution is -2.43. The Hall–Kier alpha value is -4.74. The third-order valence-electron chi connectivity index (χ3n) is 8.63. The average molecular weight is 655 g/mol. The minimum atomic E-state index is -0.748. The van der Waals surface area contributed by atoms with Gasteiger partial charge in [0.1, 0.15) is 17.5 Å². The van der Waals surface area contributed by atoms with Gasteiger partial charge >= 0.3 is 0 Å². The van der Waals surface area contributed by atoms with Crippen molar-refractivity contribution in [2.75, 3.05) is 53.1 Å². The van der Waals surface area contributed by atoms with Crippen LogP contribution in [0.2, 0.25) is 0 Å². The second kappa shape index (κ2) is 13.9. The molecule has 3 aromatic carbocycles. The summed E-state index contributed by atoms with van der Waals surface area (Å²) in [6, 6.07) is 18.3. The van der Waals surface area contributed by atoms with E-state index >= 15 is 0 Å². The summed E-state index contributed by atoms with van der Waals surface area (Å²) in [5, 5.41) is 1.87. The van der Waals surface area contributed by atoms with Gasteiger partial charge in [-0.1, -0.05) is 53.8 Å². The first kappa shape index (κ1) is 32.2. The highest BCUT2D eigenvalue weighted by Crippen LogP contribution is 2.40. The van der Waals surface area contributed by atoms with E-state index in [1.165, 1.54) is 11.3 Å². The van der Waals surface area contributed by atoms with Crippen LogP contribution in [0.4, 0.5) is 0 Å². The van der Waals surface area contributed by atoms with E-state index in [1.54, 1.807) is 33.6 Å². The number of ether oxygens (including phenoxy) is 3. The number of carbonyl (C=O) groups excluding carboxylic acids is 2. The van der Waals surface area contributed by atoms with Crippen molar-refractivity contribution in [2.45, 2.75) is 26.8 Å². The summed E-state index contributed by atoms with van der Waals surface area (Å²) in [5.41, 5.74) is 2.31. The molecule has 47 heavy (non-hydrogen) atoms. The fraction of sp³-hybridized carbons (Fsp3) is 0.333. The van der Waals surface area contributed by atoms with E-state index < -0.39 is 6.04 Å². The van der Waals surface area contributed by atoms with Gasteiger partial charge in [0.05, 0.1) is 36.1 Å². The van der Waals surface area contributed by atoms with Gasteiger partial charge in [0.25, 0.3) is 17.4 Å². The largest absolute Gasteiger partial charge is 0.496 e. The maximum atomic E-state index is 14.3. The van der Waals surface area contributed by atoms with Gasteiger partial charge < -0.3 is 24.0 Å². The normalized spacial score (nSPS) is 16.6. The number of aromatic nitrogens is 1. The molecule has 0 saturated carbocycles. The molecule has 6 rings (SSSR count). The summed E-state index contributed by atoms with van der Waals surface area (Å²) in [6.07, 6.45) is 1.81. The number of amides is 2. The molecule has 2 aliphatic rings. The monoisotopic (exact) mass is 654 g/mol. The molecule has 1 saturated heterocycles. The molecule has 244 valence electrons. The third-order valence-corrected chi connectivity index (χ3v) is 9.61. The van der Waals surface area contributed by atoms with Crippen molar-refractivity contribution < 1.29 is 23.8 Å². The van der Waals surface area contributed by atoms with Crippen molar-refractivity contribution in [1.82, 2.24) is 14.4 Å². The molecule has 2 amide bonds. The van der Waals surface area contributed by atoms with Crippen molar-refractivity contribution in [3.05, 3.63) is 103 Å². The Morgan fingerprint density at radius 3 is 2.47 bits per heavy atom. The highest BCUT2D eigenvalue weighted by Gasteiger charge is 2.36. The first-order valence-corrected chi connectivity index (χ1v) is 16.6. The Kier molecular flexibility index (Phi) is 9.55. The Morgan fingerprint density at radius 2 is 1.77 bits per heavy atom. The highest BCUT2D eigenvalue weighted by atomic mass is 32.1. The van der Waals surface area contributed by atoms with Crippen molar-refractivity contribution >= 4 is 40.0 Å². The molecule has 0 aliphatic carbocycles. The SMILES string of the molecule is CCN(CC)C(=O)C1=C(C)N=c2s/c(=C\c3ccc(OCC(=O)N4CCOCC4)cc3)c(=O)n2[C@@H]1c1c(OC)ccc2ccccc12. The summed E-state index contributed by atoms with van der Waals surface area (Å²) in [7, 11) is 1.60. The number of hydrogen-bond donors (Lipinski definition) is 0. The Labute approximate surface area is 276 Å². The number of thiazole rings is 1. The number of hydrogen-bond acceptors (Lipinski definition) is 8. The number of rotatable bonds is 9. The smallest absolute Gasteiger partial charge is 0.271 e. The fourth-order valence-electron chi connectivity index (χ4n) is 6.15. The van der Waals surface area contributed by atoms with Crippen LogP contribution in [-0.2, 0) is 14.3 Å². The fourth-order valence-corrected chi connectivity index (χ4v) is 7.19. The number of carbonyl (C=O) groups is 2. The topological polar surface area (TPSA) is 103 Å². The standard InChI is InChI=1S/C36H38N4O6S/c1-5-38(6-2)35(43)31-23(3)37-36-40(33(31)32-27-10-8-7-9-25(27)13-16-28(32)44-4)34(42)29(47-36)21-24-11-14-26(15-12-24)46-22-30(41)39-17-19-45-20-18-39/h7-16,21,33H,5-6,17-20,22H2,1-4H3/b29-21-/t33-/m0/s1. The third kappa shape index (κ3) is 6.33. The predicted octanol–water partition coefficient (Wildman–Crippen LogP) is 3.50. The van der Waals surface area contributed by atoms with Gasteiger partial charge in [-0.15, -0.1) is 0 Å². The molecule has 0 spiro atoms. The summed E-state index contributed by atoms with van der Waals surface area (Å²) >= 11 is 1.28. The van der Waals surface area contributed by atoms with Gasteiger partial charge in [-0.2, -0.15) is 0 Å². The quantitative estimate of drug-likeness (QED) is 0.274. The van der Waals surface area contributed by atoms with E-state index in [4.69, 9.17) is 19.2 Å². The lowest BCUT2D eigenvalue weighted by molar-refractivity contribution is -0.137. The number of morpholine rings is 1. The first-order chi connectivity index (χ1) is 22.8. The number of allylic oxidation sites excluding steroid dienone is 1. The van der Waals surface area contributed by atoms with Crippen LogP contribution < -0.4 is 24.4 Å². The molecule has 1 fully saturated rings. The van der Waals surface area contributed by atoms with Crippen LogP contribution in [0.3, 0.4) is 0 Å². The first-order valence-electron chi connectivity index (χ1n) is 15.8. The molecule has 0 bridgehead atoms. The predicted molar refractivity (Wildman–Crippen MR) is 182 cm³/mol. The number of likely N-dealkylation sites (N-methyl/N-ethyl adjacent to an activating group) is 1. The number of benzene rings is 3. The molecule has 10 nitrogen and oxygen atoms in total. The molecule has 11 heteroatoms. The minimum Gasteiger partial charge on any atom is -0.496 e.